The lowest BCUT2D eigenvalue weighted by Crippen LogP contribution is -2.00. The number of rotatable bonds is 3. The molecule has 0 aliphatic rings. The first-order valence-corrected chi connectivity index (χ1v) is 11.6. The normalized spacial score (nSPS) is 11.4. The Morgan fingerprint density at radius 2 is 1.21 bits per heavy atom. The minimum Gasteiger partial charge on any atom is -0.340 e. The fraction of sp³-hybridized carbons (Fsp3) is 0.0968. The molecule has 164 valence electrons. The van der Waals surface area contributed by atoms with Crippen molar-refractivity contribution in [2.75, 3.05) is 5.32 Å². The molecule has 0 amide bonds. The number of benzene rings is 4. The molecule has 6 rings (SSSR count). The molecule has 0 atom stereocenters. The average molecular weight is 440 g/mol. The van der Waals surface area contributed by atoms with Gasteiger partial charge in [0.05, 0.1) is 21.9 Å². The van der Waals surface area contributed by atoms with Crippen LogP contribution in [-0.4, -0.2) is 9.97 Å². The second kappa shape index (κ2) is 7.96. The maximum Gasteiger partial charge on any atom is 0.141 e. The number of anilines is 2. The molecule has 0 unspecified atom stereocenters. The molecular formula is C31H25N3. The fourth-order valence-electron chi connectivity index (χ4n) is 4.68. The molecule has 3 heteroatoms. The highest BCUT2D eigenvalue weighted by Gasteiger charge is 2.19. The first-order valence-electron chi connectivity index (χ1n) is 11.6. The summed E-state index contributed by atoms with van der Waals surface area (Å²) in [5, 5.41) is 6.88. The second-order valence-electron chi connectivity index (χ2n) is 9.07. The Kier molecular flexibility index (Phi) is 4.77. The van der Waals surface area contributed by atoms with Gasteiger partial charge in [0, 0.05) is 22.0 Å². The predicted octanol–water partition coefficient (Wildman–Crippen LogP) is 8.27. The van der Waals surface area contributed by atoms with Crippen LogP contribution >= 0.6 is 0 Å². The van der Waals surface area contributed by atoms with Crippen molar-refractivity contribution in [1.29, 1.82) is 0 Å². The predicted molar refractivity (Wildman–Crippen MR) is 144 cm³/mol. The molecule has 0 radical (unpaired) electrons. The zero-order valence-corrected chi connectivity index (χ0v) is 19.6. The molecule has 4 aromatic carbocycles. The molecule has 6 aromatic rings. The maximum atomic E-state index is 5.21. The third-order valence-electron chi connectivity index (χ3n) is 6.39. The highest BCUT2D eigenvalue weighted by Crippen LogP contribution is 2.41. The van der Waals surface area contributed by atoms with Crippen molar-refractivity contribution in [3.05, 3.63) is 108 Å². The average Bonchev–Trinajstić information content (AvgIpc) is 2.85. The van der Waals surface area contributed by atoms with Gasteiger partial charge < -0.3 is 5.32 Å². The molecular weight excluding hydrogens is 414 g/mol. The monoisotopic (exact) mass is 439 g/mol. The van der Waals surface area contributed by atoms with Crippen LogP contribution in [0.4, 0.5) is 11.5 Å². The van der Waals surface area contributed by atoms with Crippen LogP contribution < -0.4 is 5.32 Å². The summed E-state index contributed by atoms with van der Waals surface area (Å²) in [5.74, 6) is 0.824. The van der Waals surface area contributed by atoms with Gasteiger partial charge in [-0.15, -0.1) is 0 Å². The van der Waals surface area contributed by atoms with Gasteiger partial charge in [-0.2, -0.15) is 0 Å². The largest absolute Gasteiger partial charge is 0.340 e. The fourth-order valence-corrected chi connectivity index (χ4v) is 4.68. The molecule has 2 heterocycles. The van der Waals surface area contributed by atoms with E-state index in [1.54, 1.807) is 0 Å². The zero-order chi connectivity index (χ0) is 23.2. The lowest BCUT2D eigenvalue weighted by atomic mass is 9.94. The van der Waals surface area contributed by atoms with Gasteiger partial charge in [0.15, 0.2) is 0 Å². The van der Waals surface area contributed by atoms with E-state index in [1.807, 2.05) is 0 Å². The number of aryl methyl sites for hydroxylation is 3. The van der Waals surface area contributed by atoms with Crippen LogP contribution in [0.25, 0.3) is 43.8 Å². The number of hydrogen-bond donors (Lipinski definition) is 1. The molecule has 0 fully saturated rings. The summed E-state index contributed by atoms with van der Waals surface area (Å²) in [7, 11) is 0. The van der Waals surface area contributed by atoms with Crippen molar-refractivity contribution in [3.8, 4) is 11.1 Å². The van der Waals surface area contributed by atoms with Crippen LogP contribution in [-0.2, 0) is 0 Å². The molecule has 0 saturated heterocycles. The lowest BCUT2D eigenvalue weighted by molar-refractivity contribution is 1.36. The minimum absolute atomic E-state index is 0.824. The van der Waals surface area contributed by atoms with Gasteiger partial charge in [-0.1, -0.05) is 71.3 Å². The number of nitrogens with one attached hydrogen (secondary N) is 1. The van der Waals surface area contributed by atoms with Gasteiger partial charge in [0.1, 0.15) is 5.82 Å². The van der Waals surface area contributed by atoms with Crippen molar-refractivity contribution < 1.29 is 0 Å². The van der Waals surface area contributed by atoms with Gasteiger partial charge in [0.2, 0.25) is 0 Å². The first-order chi connectivity index (χ1) is 16.6. The van der Waals surface area contributed by atoms with Crippen molar-refractivity contribution in [2.45, 2.75) is 20.8 Å². The van der Waals surface area contributed by atoms with Gasteiger partial charge in [-0.25, -0.2) is 9.97 Å². The molecule has 0 aliphatic heterocycles. The number of fused-ring (bicyclic) bond motifs is 4. The Balaban J connectivity index is 1.80. The summed E-state index contributed by atoms with van der Waals surface area (Å²) in [4.78, 5) is 10.3. The molecule has 0 spiro atoms. The van der Waals surface area contributed by atoms with Crippen LogP contribution in [0.1, 0.15) is 16.7 Å². The lowest BCUT2D eigenvalue weighted by Gasteiger charge is -2.18. The molecule has 34 heavy (non-hydrogen) atoms. The van der Waals surface area contributed by atoms with E-state index in [2.05, 4.69) is 117 Å². The molecule has 0 bridgehead atoms. The van der Waals surface area contributed by atoms with E-state index >= 15 is 0 Å². The Morgan fingerprint density at radius 3 is 1.91 bits per heavy atom. The highest BCUT2D eigenvalue weighted by atomic mass is 15.0. The summed E-state index contributed by atoms with van der Waals surface area (Å²) in [5.41, 5.74) is 9.86. The molecule has 1 N–H and O–H groups in total. The molecule has 0 aliphatic carbocycles. The molecule has 2 aromatic heterocycles. The topological polar surface area (TPSA) is 37.8 Å². The summed E-state index contributed by atoms with van der Waals surface area (Å²) in [6, 6.07) is 31.9. The van der Waals surface area contributed by atoms with Crippen LogP contribution in [0, 0.1) is 20.8 Å². The van der Waals surface area contributed by atoms with Gasteiger partial charge >= 0.3 is 0 Å². The van der Waals surface area contributed by atoms with Crippen LogP contribution in [0.5, 0.6) is 0 Å². The number of hydrogen-bond acceptors (Lipinski definition) is 3. The number of nitrogens with zero attached hydrogens (tertiary/aromatic N) is 2. The van der Waals surface area contributed by atoms with Crippen LogP contribution in [0.2, 0.25) is 0 Å². The van der Waals surface area contributed by atoms with E-state index in [4.69, 9.17) is 9.97 Å². The third kappa shape index (κ3) is 3.46. The van der Waals surface area contributed by atoms with E-state index in [-0.39, 0.29) is 0 Å². The SMILES string of the molecule is Cc1ccc(Nc2nc3ccc(C)cc3c3nc4ccc(C)cc4c(-c4ccccc4)c23)cc1. The number of aromatic nitrogens is 2. The highest BCUT2D eigenvalue weighted by molar-refractivity contribution is 6.20. The Labute approximate surface area is 199 Å². The van der Waals surface area contributed by atoms with Crippen LogP contribution in [0.15, 0.2) is 91.0 Å². The van der Waals surface area contributed by atoms with Crippen molar-refractivity contribution >= 4 is 44.2 Å². The minimum atomic E-state index is 0.824. The maximum absolute atomic E-state index is 5.21. The van der Waals surface area contributed by atoms with Gasteiger partial charge in [0.25, 0.3) is 0 Å². The summed E-state index contributed by atoms with van der Waals surface area (Å²) in [6.07, 6.45) is 0. The summed E-state index contributed by atoms with van der Waals surface area (Å²) >= 11 is 0. The van der Waals surface area contributed by atoms with E-state index in [0.29, 0.717) is 0 Å². The van der Waals surface area contributed by atoms with Gasteiger partial charge in [-0.05, 0) is 62.7 Å². The zero-order valence-electron chi connectivity index (χ0n) is 19.6. The molecule has 3 nitrogen and oxygen atoms in total. The first kappa shape index (κ1) is 20.4. The Morgan fingerprint density at radius 1 is 0.588 bits per heavy atom. The third-order valence-corrected chi connectivity index (χ3v) is 6.39. The second-order valence-corrected chi connectivity index (χ2v) is 9.07. The Bertz CT molecular complexity index is 1680. The summed E-state index contributed by atoms with van der Waals surface area (Å²) in [6.45, 7) is 6.35. The van der Waals surface area contributed by atoms with E-state index in [1.165, 1.54) is 16.7 Å². The van der Waals surface area contributed by atoms with Crippen LogP contribution in [0.3, 0.4) is 0 Å². The van der Waals surface area contributed by atoms with Gasteiger partial charge in [-0.3, -0.25) is 0 Å². The number of pyridine rings is 2. The summed E-state index contributed by atoms with van der Waals surface area (Å²) < 4.78 is 0. The standard InChI is InChI=1S/C31H25N3/c1-19-9-13-23(14-10-19)32-31-29-28(22-7-5-4-6-8-22)24-17-20(2)11-15-26(24)33-30(29)25-18-21(3)12-16-27(25)34-31/h4-18H,1-3H3,(H,32,34). The quantitative estimate of drug-likeness (QED) is 0.223. The van der Waals surface area contributed by atoms with E-state index in [0.717, 1.165) is 55.3 Å². The Hall–Kier alpha value is -4.24. The van der Waals surface area contributed by atoms with Crippen molar-refractivity contribution in [1.82, 2.24) is 9.97 Å². The van der Waals surface area contributed by atoms with Crippen molar-refractivity contribution in [3.63, 3.8) is 0 Å². The van der Waals surface area contributed by atoms with E-state index in [9.17, 15) is 0 Å². The van der Waals surface area contributed by atoms with E-state index < -0.39 is 0 Å². The smallest absolute Gasteiger partial charge is 0.141 e. The van der Waals surface area contributed by atoms with Crippen molar-refractivity contribution in [2.24, 2.45) is 0 Å². The molecule has 0 saturated carbocycles.